The van der Waals surface area contributed by atoms with E-state index in [4.69, 9.17) is 4.74 Å². The maximum absolute atomic E-state index is 11.2. The van der Waals surface area contributed by atoms with E-state index in [2.05, 4.69) is 5.10 Å². The van der Waals surface area contributed by atoms with Gasteiger partial charge < -0.3 is 9.84 Å². The lowest BCUT2D eigenvalue weighted by Crippen LogP contribution is -2.37. The fourth-order valence-corrected chi connectivity index (χ4v) is 2.58. The maximum atomic E-state index is 11.2. The van der Waals surface area contributed by atoms with Crippen molar-refractivity contribution in [2.75, 3.05) is 7.11 Å². The lowest BCUT2D eigenvalue weighted by Gasteiger charge is -2.23. The van der Waals surface area contributed by atoms with Crippen molar-refractivity contribution in [2.45, 2.75) is 31.3 Å². The van der Waals surface area contributed by atoms with Crippen molar-refractivity contribution in [3.63, 3.8) is 0 Å². The normalized spacial score (nSPS) is 19.4. The quantitative estimate of drug-likeness (QED) is 0.823. The third-order valence-corrected chi connectivity index (χ3v) is 3.34. The molecule has 1 fully saturated rings. The van der Waals surface area contributed by atoms with Crippen LogP contribution in [0.5, 0.6) is 0 Å². The van der Waals surface area contributed by atoms with Gasteiger partial charge in [0.25, 0.3) is 0 Å². The van der Waals surface area contributed by atoms with E-state index < -0.39 is 12.1 Å². The second-order valence-corrected chi connectivity index (χ2v) is 4.41. The van der Waals surface area contributed by atoms with E-state index in [1.807, 2.05) is 14.0 Å². The molecule has 0 aromatic carbocycles. The van der Waals surface area contributed by atoms with Gasteiger partial charge in [0.05, 0.1) is 11.9 Å². The summed E-state index contributed by atoms with van der Waals surface area (Å²) in [6, 6.07) is 0. The molecule has 1 atom stereocenters. The Hall–Kier alpha value is -1.36. The van der Waals surface area contributed by atoms with Crippen molar-refractivity contribution in [1.82, 2.24) is 9.78 Å². The van der Waals surface area contributed by atoms with Gasteiger partial charge >= 0.3 is 5.97 Å². The lowest BCUT2D eigenvalue weighted by atomic mass is 9.92. The second-order valence-electron chi connectivity index (χ2n) is 4.41. The summed E-state index contributed by atoms with van der Waals surface area (Å²) in [5.74, 6) is -0.902. The van der Waals surface area contributed by atoms with Crippen molar-refractivity contribution >= 4 is 5.97 Å². The Morgan fingerprint density at radius 3 is 2.62 bits per heavy atom. The van der Waals surface area contributed by atoms with Crippen LogP contribution in [0.4, 0.5) is 0 Å². The van der Waals surface area contributed by atoms with Gasteiger partial charge in [-0.05, 0) is 25.3 Å². The van der Waals surface area contributed by atoms with Crippen LogP contribution in [0.15, 0.2) is 6.20 Å². The molecule has 88 valence electrons. The molecule has 1 aromatic heterocycles. The second kappa shape index (κ2) is 3.59. The number of methoxy groups -OCH3 is 1. The molecule has 0 radical (unpaired) electrons. The summed E-state index contributed by atoms with van der Waals surface area (Å²) in [4.78, 5) is 11.2. The number of ether oxygens (including phenoxy) is 1. The van der Waals surface area contributed by atoms with E-state index in [9.17, 15) is 9.90 Å². The molecule has 1 saturated carbocycles. The molecular formula is C11H16N2O3. The van der Waals surface area contributed by atoms with Crippen LogP contribution in [0.1, 0.15) is 24.1 Å². The Bertz CT molecular complexity index is 401. The third kappa shape index (κ3) is 1.43. The highest BCUT2D eigenvalue weighted by Crippen LogP contribution is 2.52. The monoisotopic (exact) mass is 224 g/mol. The molecule has 1 aliphatic carbocycles. The van der Waals surface area contributed by atoms with E-state index in [1.54, 1.807) is 10.9 Å². The Labute approximate surface area is 94.0 Å². The van der Waals surface area contributed by atoms with Crippen LogP contribution in [-0.4, -0.2) is 34.1 Å². The van der Waals surface area contributed by atoms with Crippen molar-refractivity contribution < 1.29 is 14.6 Å². The number of hydrogen-bond acceptors (Lipinski definition) is 3. The largest absolute Gasteiger partial charge is 0.479 e. The Morgan fingerprint density at radius 2 is 2.31 bits per heavy atom. The number of rotatable bonds is 4. The Kier molecular flexibility index (Phi) is 2.50. The fourth-order valence-electron chi connectivity index (χ4n) is 2.58. The van der Waals surface area contributed by atoms with Crippen molar-refractivity contribution in [2.24, 2.45) is 7.05 Å². The average Bonchev–Trinajstić information content (AvgIpc) is 2.90. The van der Waals surface area contributed by atoms with Crippen LogP contribution in [0.2, 0.25) is 0 Å². The number of carbonyl (C=O) groups is 1. The van der Waals surface area contributed by atoms with Crippen LogP contribution in [0, 0.1) is 6.92 Å². The molecule has 1 heterocycles. The number of aryl methyl sites for hydroxylation is 2. The molecule has 16 heavy (non-hydrogen) atoms. The summed E-state index contributed by atoms with van der Waals surface area (Å²) >= 11 is 0. The molecule has 2 rings (SSSR count). The van der Waals surface area contributed by atoms with E-state index in [0.717, 1.165) is 24.1 Å². The zero-order valence-corrected chi connectivity index (χ0v) is 9.73. The SMILES string of the molecule is COC(C(=O)O)C1(c2c(C)cnn2C)CC1. The van der Waals surface area contributed by atoms with E-state index in [0.29, 0.717) is 0 Å². The van der Waals surface area contributed by atoms with E-state index >= 15 is 0 Å². The highest BCUT2D eigenvalue weighted by molar-refractivity contribution is 5.76. The maximum Gasteiger partial charge on any atom is 0.333 e. The zero-order chi connectivity index (χ0) is 11.9. The smallest absolute Gasteiger partial charge is 0.333 e. The first-order chi connectivity index (χ1) is 7.53. The predicted molar refractivity (Wildman–Crippen MR) is 57.3 cm³/mol. The molecule has 1 aliphatic rings. The van der Waals surface area contributed by atoms with Crippen LogP contribution < -0.4 is 0 Å². The standard InChI is InChI=1S/C11H16N2O3/c1-7-6-12-13(2)8(7)11(4-5-11)9(16-3)10(14)15/h6,9H,4-5H2,1-3H3,(H,14,15). The van der Waals surface area contributed by atoms with E-state index in [-0.39, 0.29) is 5.41 Å². The molecule has 1 N–H and O–H groups in total. The fraction of sp³-hybridized carbons (Fsp3) is 0.636. The van der Waals surface area contributed by atoms with E-state index in [1.165, 1.54) is 7.11 Å². The third-order valence-electron chi connectivity index (χ3n) is 3.34. The topological polar surface area (TPSA) is 64.3 Å². The van der Waals surface area contributed by atoms with Crippen LogP contribution in [-0.2, 0) is 22.0 Å². The molecule has 0 saturated heterocycles. The molecular weight excluding hydrogens is 208 g/mol. The number of aromatic nitrogens is 2. The molecule has 0 amide bonds. The Morgan fingerprint density at radius 1 is 1.69 bits per heavy atom. The van der Waals surface area contributed by atoms with Crippen molar-refractivity contribution in [3.05, 3.63) is 17.5 Å². The van der Waals surface area contributed by atoms with Crippen LogP contribution >= 0.6 is 0 Å². The average molecular weight is 224 g/mol. The number of nitrogens with zero attached hydrogens (tertiary/aromatic N) is 2. The predicted octanol–water partition coefficient (Wildman–Crippen LogP) is 0.860. The summed E-state index contributed by atoms with van der Waals surface area (Å²) < 4.78 is 6.89. The lowest BCUT2D eigenvalue weighted by molar-refractivity contribution is -0.150. The summed E-state index contributed by atoms with van der Waals surface area (Å²) in [7, 11) is 3.29. The summed E-state index contributed by atoms with van der Waals surface area (Å²) in [6.45, 7) is 1.96. The number of aliphatic carboxylic acids is 1. The van der Waals surface area contributed by atoms with Crippen LogP contribution in [0.25, 0.3) is 0 Å². The molecule has 0 bridgehead atoms. The minimum Gasteiger partial charge on any atom is -0.479 e. The first-order valence-electron chi connectivity index (χ1n) is 5.27. The van der Waals surface area contributed by atoms with Crippen molar-refractivity contribution in [3.8, 4) is 0 Å². The zero-order valence-electron chi connectivity index (χ0n) is 9.73. The van der Waals surface area contributed by atoms with Gasteiger partial charge in [-0.1, -0.05) is 0 Å². The molecule has 1 unspecified atom stereocenters. The van der Waals surface area contributed by atoms with Gasteiger partial charge in [-0.3, -0.25) is 4.68 Å². The van der Waals surface area contributed by atoms with Gasteiger partial charge in [0, 0.05) is 19.6 Å². The Balaban J connectivity index is 2.43. The highest BCUT2D eigenvalue weighted by atomic mass is 16.5. The minimum absolute atomic E-state index is 0.379. The first-order valence-corrected chi connectivity index (χ1v) is 5.27. The summed E-state index contributed by atoms with van der Waals surface area (Å²) in [6.07, 6.45) is 2.68. The van der Waals surface area contributed by atoms with Gasteiger partial charge in [0.2, 0.25) is 0 Å². The van der Waals surface area contributed by atoms with Gasteiger partial charge in [0.1, 0.15) is 0 Å². The molecule has 0 aliphatic heterocycles. The summed E-state index contributed by atoms with van der Waals surface area (Å²) in [5.41, 5.74) is 1.64. The minimum atomic E-state index is -0.902. The summed E-state index contributed by atoms with van der Waals surface area (Å²) in [5, 5.41) is 13.3. The first kappa shape index (κ1) is 11.1. The highest BCUT2D eigenvalue weighted by Gasteiger charge is 2.56. The van der Waals surface area contributed by atoms with Gasteiger partial charge in [0.15, 0.2) is 6.10 Å². The van der Waals surface area contributed by atoms with Gasteiger partial charge in [-0.2, -0.15) is 5.10 Å². The number of carboxylic acid groups (broad SMARTS) is 1. The molecule has 0 spiro atoms. The number of hydrogen-bond donors (Lipinski definition) is 1. The van der Waals surface area contributed by atoms with Crippen LogP contribution in [0.3, 0.4) is 0 Å². The van der Waals surface area contributed by atoms with Crippen molar-refractivity contribution in [1.29, 1.82) is 0 Å². The molecule has 5 nitrogen and oxygen atoms in total. The molecule has 1 aromatic rings. The van der Waals surface area contributed by atoms with Gasteiger partial charge in [-0.15, -0.1) is 0 Å². The molecule has 5 heteroatoms. The van der Waals surface area contributed by atoms with Gasteiger partial charge in [-0.25, -0.2) is 4.79 Å². The number of carboxylic acids is 1.